The standard InChI is InChI=1S/C23H26FN3/c1-26-12-10-23(11-13-26)16-27(14-17-6-2-4-8-19(17)24)15-21-22(23)18-7-3-5-9-20(18)25-21/h2-9,25H,10-16H2,1H3. The highest BCUT2D eigenvalue weighted by molar-refractivity contribution is 5.86. The molecule has 1 spiro atoms. The number of nitrogens with zero attached hydrogens (tertiary/aromatic N) is 2. The van der Waals surface area contributed by atoms with Gasteiger partial charge in [0.1, 0.15) is 5.82 Å². The number of aromatic nitrogens is 1. The molecule has 0 saturated carbocycles. The van der Waals surface area contributed by atoms with Crippen LogP contribution in [-0.4, -0.2) is 41.5 Å². The zero-order valence-corrected chi connectivity index (χ0v) is 15.8. The maximum absolute atomic E-state index is 14.3. The van der Waals surface area contributed by atoms with Crippen molar-refractivity contribution < 1.29 is 4.39 Å². The van der Waals surface area contributed by atoms with Gasteiger partial charge in [-0.05, 0) is 50.7 Å². The Morgan fingerprint density at radius 1 is 1.04 bits per heavy atom. The quantitative estimate of drug-likeness (QED) is 0.734. The molecule has 3 nitrogen and oxygen atoms in total. The van der Waals surface area contributed by atoms with Crippen molar-refractivity contribution in [2.75, 3.05) is 26.7 Å². The highest BCUT2D eigenvalue weighted by atomic mass is 19.1. The lowest BCUT2D eigenvalue weighted by Gasteiger charge is -2.47. The Kier molecular flexibility index (Phi) is 4.06. The molecule has 1 saturated heterocycles. The molecule has 2 aromatic carbocycles. The van der Waals surface area contributed by atoms with E-state index in [2.05, 4.69) is 46.1 Å². The van der Waals surface area contributed by atoms with Crippen LogP contribution in [0.3, 0.4) is 0 Å². The number of para-hydroxylation sites is 1. The molecule has 140 valence electrons. The number of fused-ring (bicyclic) bond motifs is 4. The molecule has 1 aromatic heterocycles. The summed E-state index contributed by atoms with van der Waals surface area (Å²) in [6.45, 7) is 4.76. The summed E-state index contributed by atoms with van der Waals surface area (Å²) >= 11 is 0. The Morgan fingerprint density at radius 3 is 2.59 bits per heavy atom. The summed E-state index contributed by atoms with van der Waals surface area (Å²) in [5.41, 5.74) is 5.03. The second-order valence-corrected chi connectivity index (χ2v) is 8.34. The molecule has 1 fully saturated rings. The van der Waals surface area contributed by atoms with Gasteiger partial charge in [0.05, 0.1) is 0 Å². The fourth-order valence-corrected chi connectivity index (χ4v) is 5.14. The minimum Gasteiger partial charge on any atom is -0.357 e. The molecule has 4 heteroatoms. The Hall–Kier alpha value is -2.17. The van der Waals surface area contributed by atoms with Crippen LogP contribution in [0.15, 0.2) is 48.5 Å². The maximum Gasteiger partial charge on any atom is 0.127 e. The Balaban J connectivity index is 1.56. The van der Waals surface area contributed by atoms with Gasteiger partial charge in [0, 0.05) is 47.2 Å². The van der Waals surface area contributed by atoms with Gasteiger partial charge in [-0.1, -0.05) is 36.4 Å². The zero-order valence-electron chi connectivity index (χ0n) is 15.8. The first kappa shape index (κ1) is 17.0. The Morgan fingerprint density at radius 2 is 1.78 bits per heavy atom. The number of aromatic amines is 1. The van der Waals surface area contributed by atoms with Crippen LogP contribution in [0.2, 0.25) is 0 Å². The van der Waals surface area contributed by atoms with Gasteiger partial charge in [0.2, 0.25) is 0 Å². The van der Waals surface area contributed by atoms with E-state index in [9.17, 15) is 4.39 Å². The first-order chi connectivity index (χ1) is 13.1. The van der Waals surface area contributed by atoms with E-state index in [1.807, 2.05) is 12.1 Å². The van der Waals surface area contributed by atoms with Crippen molar-refractivity contribution >= 4 is 10.9 Å². The first-order valence-corrected chi connectivity index (χ1v) is 9.89. The highest BCUT2D eigenvalue weighted by Gasteiger charge is 2.43. The molecule has 0 aliphatic carbocycles. The highest BCUT2D eigenvalue weighted by Crippen LogP contribution is 2.45. The van der Waals surface area contributed by atoms with Crippen molar-refractivity contribution in [3.05, 3.63) is 71.2 Å². The number of hydrogen-bond donors (Lipinski definition) is 1. The average molecular weight is 363 g/mol. The van der Waals surface area contributed by atoms with E-state index >= 15 is 0 Å². The molecular weight excluding hydrogens is 337 g/mol. The van der Waals surface area contributed by atoms with Crippen molar-refractivity contribution in [3.63, 3.8) is 0 Å². The molecule has 0 amide bonds. The number of nitrogens with one attached hydrogen (secondary N) is 1. The summed E-state index contributed by atoms with van der Waals surface area (Å²) in [4.78, 5) is 8.54. The van der Waals surface area contributed by atoms with Crippen molar-refractivity contribution in [2.45, 2.75) is 31.3 Å². The van der Waals surface area contributed by atoms with Crippen LogP contribution in [0.4, 0.5) is 4.39 Å². The van der Waals surface area contributed by atoms with Crippen LogP contribution < -0.4 is 0 Å². The maximum atomic E-state index is 14.3. The van der Waals surface area contributed by atoms with Gasteiger partial charge in [0.15, 0.2) is 0 Å². The van der Waals surface area contributed by atoms with Crippen LogP contribution >= 0.6 is 0 Å². The van der Waals surface area contributed by atoms with Crippen LogP contribution in [-0.2, 0) is 18.5 Å². The SMILES string of the molecule is CN1CCC2(CC1)CN(Cc1ccccc1F)Cc1[nH]c3ccccc3c12. The van der Waals surface area contributed by atoms with Gasteiger partial charge in [0.25, 0.3) is 0 Å². The third-order valence-corrected chi connectivity index (χ3v) is 6.52. The molecule has 2 aliphatic heterocycles. The van der Waals surface area contributed by atoms with E-state index in [-0.39, 0.29) is 11.2 Å². The summed E-state index contributed by atoms with van der Waals surface area (Å²) in [7, 11) is 2.21. The number of hydrogen-bond acceptors (Lipinski definition) is 2. The second-order valence-electron chi connectivity index (χ2n) is 8.34. The van der Waals surface area contributed by atoms with Crippen molar-refractivity contribution in [2.24, 2.45) is 0 Å². The molecule has 2 aliphatic rings. The van der Waals surface area contributed by atoms with Gasteiger partial charge >= 0.3 is 0 Å². The summed E-state index contributed by atoms with van der Waals surface area (Å²) in [6, 6.07) is 15.9. The Bertz CT molecular complexity index is 969. The first-order valence-electron chi connectivity index (χ1n) is 9.89. The summed E-state index contributed by atoms with van der Waals surface area (Å²) < 4.78 is 14.3. The Labute approximate surface area is 159 Å². The third-order valence-electron chi connectivity index (χ3n) is 6.52. The molecule has 0 unspecified atom stereocenters. The fourth-order valence-electron chi connectivity index (χ4n) is 5.14. The number of likely N-dealkylation sites (tertiary alicyclic amines) is 1. The van der Waals surface area contributed by atoms with E-state index in [0.29, 0.717) is 6.54 Å². The minimum absolute atomic E-state index is 0.0997. The minimum atomic E-state index is -0.0997. The molecule has 3 heterocycles. The van der Waals surface area contributed by atoms with Crippen molar-refractivity contribution in [3.8, 4) is 0 Å². The summed E-state index contributed by atoms with van der Waals surface area (Å²) in [5, 5.41) is 1.38. The predicted molar refractivity (Wildman–Crippen MR) is 107 cm³/mol. The molecule has 27 heavy (non-hydrogen) atoms. The van der Waals surface area contributed by atoms with Gasteiger partial charge in [-0.15, -0.1) is 0 Å². The fraction of sp³-hybridized carbons (Fsp3) is 0.391. The van der Waals surface area contributed by atoms with E-state index < -0.39 is 0 Å². The monoisotopic (exact) mass is 363 g/mol. The van der Waals surface area contributed by atoms with Gasteiger partial charge in [-0.3, -0.25) is 4.90 Å². The van der Waals surface area contributed by atoms with Gasteiger partial charge in [-0.25, -0.2) is 4.39 Å². The largest absolute Gasteiger partial charge is 0.357 e. The molecule has 0 radical (unpaired) electrons. The molecule has 1 N–H and O–H groups in total. The molecule has 5 rings (SSSR count). The van der Waals surface area contributed by atoms with Crippen LogP contribution in [0.25, 0.3) is 10.9 Å². The van der Waals surface area contributed by atoms with Crippen LogP contribution in [0.1, 0.15) is 29.7 Å². The molecule has 0 bridgehead atoms. The number of piperidine rings is 1. The van der Waals surface area contributed by atoms with E-state index in [0.717, 1.165) is 44.6 Å². The summed E-state index contributed by atoms with van der Waals surface area (Å²) in [6.07, 6.45) is 2.32. The number of rotatable bonds is 2. The average Bonchev–Trinajstić information content (AvgIpc) is 3.05. The second kappa shape index (κ2) is 6.47. The predicted octanol–water partition coefficient (Wildman–Crippen LogP) is 4.29. The number of H-pyrrole nitrogens is 1. The molecular formula is C23H26FN3. The summed E-state index contributed by atoms with van der Waals surface area (Å²) in [5.74, 6) is -0.0997. The smallest absolute Gasteiger partial charge is 0.127 e. The van der Waals surface area contributed by atoms with Gasteiger partial charge in [-0.2, -0.15) is 0 Å². The third kappa shape index (κ3) is 2.88. The topological polar surface area (TPSA) is 22.3 Å². The lowest BCUT2D eigenvalue weighted by atomic mass is 9.69. The van der Waals surface area contributed by atoms with Gasteiger partial charge < -0.3 is 9.88 Å². The van der Waals surface area contributed by atoms with Crippen LogP contribution in [0, 0.1) is 5.82 Å². The lowest BCUT2D eigenvalue weighted by Crippen LogP contribution is -2.51. The van der Waals surface area contributed by atoms with Crippen molar-refractivity contribution in [1.29, 1.82) is 0 Å². The van der Waals surface area contributed by atoms with E-state index in [1.165, 1.54) is 22.2 Å². The number of halogens is 1. The van der Waals surface area contributed by atoms with E-state index in [1.54, 1.807) is 12.1 Å². The number of benzene rings is 2. The van der Waals surface area contributed by atoms with E-state index in [4.69, 9.17) is 0 Å². The lowest BCUT2D eigenvalue weighted by molar-refractivity contribution is 0.105. The molecule has 0 atom stereocenters. The normalized spacial score (nSPS) is 20.2. The van der Waals surface area contributed by atoms with Crippen molar-refractivity contribution in [1.82, 2.24) is 14.8 Å². The molecule has 3 aromatic rings. The van der Waals surface area contributed by atoms with Crippen LogP contribution in [0.5, 0.6) is 0 Å². The zero-order chi connectivity index (χ0) is 18.4.